The molecule has 20 heavy (non-hydrogen) atoms. The molecule has 1 aromatic carbocycles. The summed E-state index contributed by atoms with van der Waals surface area (Å²) in [6.07, 6.45) is 0.0188. The third-order valence-electron chi connectivity index (χ3n) is 2.93. The summed E-state index contributed by atoms with van der Waals surface area (Å²) >= 11 is 0. The Kier molecular flexibility index (Phi) is 5.32. The maximum absolute atomic E-state index is 11.8. The molecular formula is C15H20N2O3. The molecule has 0 unspecified atom stereocenters. The van der Waals surface area contributed by atoms with Crippen LogP contribution in [0.4, 0.5) is 5.69 Å². The van der Waals surface area contributed by atoms with E-state index in [1.165, 1.54) is 7.05 Å². The van der Waals surface area contributed by atoms with Gasteiger partial charge in [0.05, 0.1) is 12.0 Å². The van der Waals surface area contributed by atoms with E-state index in [2.05, 4.69) is 5.32 Å². The zero-order valence-corrected chi connectivity index (χ0v) is 12.2. The van der Waals surface area contributed by atoms with Crippen LogP contribution in [0.5, 0.6) is 0 Å². The molecule has 0 aliphatic carbocycles. The van der Waals surface area contributed by atoms with E-state index in [0.717, 1.165) is 10.9 Å². The predicted octanol–water partition coefficient (Wildman–Crippen LogP) is 2.00. The Balaban J connectivity index is 0.000000956. The lowest BCUT2D eigenvalue weighted by Gasteiger charge is -2.07. The molecule has 1 heterocycles. The highest BCUT2D eigenvalue weighted by molar-refractivity contribution is 5.86. The summed E-state index contributed by atoms with van der Waals surface area (Å²) in [5, 5.41) is 3.28. The van der Waals surface area contributed by atoms with Crippen molar-refractivity contribution in [2.75, 3.05) is 12.8 Å². The number of nitrogens with one attached hydrogen (secondary N) is 1. The topological polar surface area (TPSA) is 85.3 Å². The van der Waals surface area contributed by atoms with Crippen molar-refractivity contribution in [2.45, 2.75) is 27.2 Å². The second kappa shape index (κ2) is 6.75. The largest absolute Gasteiger partial charge is 0.422 e. The van der Waals surface area contributed by atoms with Crippen molar-refractivity contribution in [3.05, 3.63) is 39.7 Å². The van der Waals surface area contributed by atoms with Gasteiger partial charge in [0, 0.05) is 24.2 Å². The Morgan fingerprint density at radius 3 is 2.60 bits per heavy atom. The van der Waals surface area contributed by atoms with E-state index in [0.29, 0.717) is 16.8 Å². The number of fused-ring (bicyclic) bond motifs is 1. The van der Waals surface area contributed by atoms with E-state index in [9.17, 15) is 9.59 Å². The zero-order valence-electron chi connectivity index (χ0n) is 12.2. The first-order valence-corrected chi connectivity index (χ1v) is 6.55. The van der Waals surface area contributed by atoms with Gasteiger partial charge in [-0.2, -0.15) is 0 Å². The fourth-order valence-electron chi connectivity index (χ4n) is 1.86. The molecule has 0 saturated heterocycles. The molecule has 0 aliphatic heterocycles. The van der Waals surface area contributed by atoms with Crippen molar-refractivity contribution in [1.29, 1.82) is 0 Å². The second-order valence-corrected chi connectivity index (χ2v) is 4.10. The molecule has 1 amide bonds. The van der Waals surface area contributed by atoms with Crippen LogP contribution in [0.15, 0.2) is 27.4 Å². The summed E-state index contributed by atoms with van der Waals surface area (Å²) in [5.74, 6) is -0.222. The van der Waals surface area contributed by atoms with Crippen LogP contribution in [0.25, 0.3) is 11.0 Å². The molecular weight excluding hydrogens is 256 g/mol. The monoisotopic (exact) mass is 276 g/mol. The van der Waals surface area contributed by atoms with Crippen molar-refractivity contribution < 1.29 is 9.21 Å². The number of benzene rings is 1. The fraction of sp³-hybridized carbons (Fsp3) is 0.333. The molecule has 3 N–H and O–H groups in total. The quantitative estimate of drug-likeness (QED) is 0.649. The first kappa shape index (κ1) is 15.8. The van der Waals surface area contributed by atoms with Gasteiger partial charge in [0.25, 0.3) is 0 Å². The normalized spacial score (nSPS) is 9.80. The van der Waals surface area contributed by atoms with Crippen LogP contribution >= 0.6 is 0 Å². The number of hydrogen-bond acceptors (Lipinski definition) is 4. The molecule has 5 heteroatoms. The van der Waals surface area contributed by atoms with Crippen LogP contribution < -0.4 is 16.7 Å². The summed E-state index contributed by atoms with van der Waals surface area (Å²) in [7, 11) is 1.53. The molecule has 0 fully saturated rings. The first-order valence-electron chi connectivity index (χ1n) is 6.55. The van der Waals surface area contributed by atoms with E-state index in [1.807, 2.05) is 13.8 Å². The maximum atomic E-state index is 11.8. The van der Waals surface area contributed by atoms with Gasteiger partial charge in [-0.3, -0.25) is 4.79 Å². The Labute approximate surface area is 117 Å². The minimum atomic E-state index is -0.491. The molecule has 0 saturated carbocycles. The highest BCUT2D eigenvalue weighted by Gasteiger charge is 2.14. The lowest BCUT2D eigenvalue weighted by molar-refractivity contribution is -0.120. The lowest BCUT2D eigenvalue weighted by Crippen LogP contribution is -2.24. The fourth-order valence-corrected chi connectivity index (χ4v) is 1.86. The van der Waals surface area contributed by atoms with Gasteiger partial charge < -0.3 is 15.5 Å². The summed E-state index contributed by atoms with van der Waals surface area (Å²) in [4.78, 5) is 23.2. The number of carbonyl (C=O) groups excluding carboxylic acids is 1. The van der Waals surface area contributed by atoms with Gasteiger partial charge in [-0.05, 0) is 24.6 Å². The lowest BCUT2D eigenvalue weighted by atomic mass is 10.0. The average Bonchev–Trinajstić information content (AvgIpc) is 2.45. The number of carbonyl (C=O) groups is 1. The summed E-state index contributed by atoms with van der Waals surface area (Å²) in [6, 6.07) is 5.13. The van der Waals surface area contributed by atoms with Crippen LogP contribution in [0.1, 0.15) is 25.0 Å². The van der Waals surface area contributed by atoms with Crippen LogP contribution in [0.2, 0.25) is 0 Å². The van der Waals surface area contributed by atoms with Gasteiger partial charge in [-0.25, -0.2) is 4.79 Å². The number of likely N-dealkylation sites (N-methyl/N-ethyl adjacent to an activating group) is 1. The molecule has 0 radical (unpaired) electrons. The number of anilines is 1. The van der Waals surface area contributed by atoms with Gasteiger partial charge in [-0.15, -0.1) is 0 Å². The van der Waals surface area contributed by atoms with Gasteiger partial charge in [0.15, 0.2) is 0 Å². The number of nitrogen functional groups attached to an aromatic ring is 1. The molecule has 0 bridgehead atoms. The van der Waals surface area contributed by atoms with E-state index in [1.54, 1.807) is 25.1 Å². The Bertz CT molecular complexity index is 675. The van der Waals surface area contributed by atoms with Crippen LogP contribution in [-0.4, -0.2) is 13.0 Å². The van der Waals surface area contributed by atoms with Crippen molar-refractivity contribution in [2.24, 2.45) is 0 Å². The summed E-state index contributed by atoms with van der Waals surface area (Å²) in [6.45, 7) is 5.80. The Hall–Kier alpha value is -2.30. The second-order valence-electron chi connectivity index (χ2n) is 4.10. The van der Waals surface area contributed by atoms with Crippen LogP contribution in [0.3, 0.4) is 0 Å². The number of rotatable bonds is 2. The van der Waals surface area contributed by atoms with Gasteiger partial charge in [0.2, 0.25) is 5.91 Å². The molecule has 5 nitrogen and oxygen atoms in total. The maximum Gasteiger partial charge on any atom is 0.340 e. The standard InChI is InChI=1S/C13H14N2O3.C2H6/c1-7-9-4-3-8(14)5-11(9)18-13(17)10(7)6-12(16)15-2;1-2/h3-5H,6,14H2,1-2H3,(H,15,16);1-2H3. The van der Waals surface area contributed by atoms with Gasteiger partial charge >= 0.3 is 5.63 Å². The number of aryl methyl sites for hydroxylation is 1. The highest BCUT2D eigenvalue weighted by Crippen LogP contribution is 2.21. The minimum absolute atomic E-state index is 0.0188. The zero-order chi connectivity index (χ0) is 15.3. The third kappa shape index (κ3) is 3.17. The van der Waals surface area contributed by atoms with E-state index in [4.69, 9.17) is 10.2 Å². The SMILES string of the molecule is CC.CNC(=O)Cc1c(C)c2ccc(N)cc2oc1=O. The Morgan fingerprint density at radius 1 is 1.35 bits per heavy atom. The molecule has 2 rings (SSSR count). The number of amides is 1. The van der Waals surface area contributed by atoms with Crippen molar-refractivity contribution >= 4 is 22.6 Å². The summed E-state index contributed by atoms with van der Waals surface area (Å²) < 4.78 is 5.18. The minimum Gasteiger partial charge on any atom is -0.422 e. The average molecular weight is 276 g/mol. The van der Waals surface area contributed by atoms with Gasteiger partial charge in [-0.1, -0.05) is 13.8 Å². The molecule has 2 aromatic rings. The number of nitrogens with two attached hydrogens (primary N) is 1. The van der Waals surface area contributed by atoms with Crippen molar-refractivity contribution in [1.82, 2.24) is 5.32 Å². The molecule has 108 valence electrons. The molecule has 1 aromatic heterocycles. The Morgan fingerprint density at radius 2 is 2.00 bits per heavy atom. The molecule has 0 aliphatic rings. The third-order valence-corrected chi connectivity index (χ3v) is 2.93. The van der Waals surface area contributed by atoms with Crippen molar-refractivity contribution in [3.63, 3.8) is 0 Å². The molecule has 0 atom stereocenters. The number of hydrogen-bond donors (Lipinski definition) is 2. The summed E-state index contributed by atoms with van der Waals surface area (Å²) in [5.41, 5.74) is 7.26. The van der Waals surface area contributed by atoms with Gasteiger partial charge in [0.1, 0.15) is 5.58 Å². The molecule has 0 spiro atoms. The van der Waals surface area contributed by atoms with E-state index < -0.39 is 5.63 Å². The van der Waals surface area contributed by atoms with E-state index in [-0.39, 0.29) is 12.3 Å². The highest BCUT2D eigenvalue weighted by atomic mass is 16.4. The van der Waals surface area contributed by atoms with Crippen LogP contribution in [0, 0.1) is 6.92 Å². The van der Waals surface area contributed by atoms with Crippen LogP contribution in [-0.2, 0) is 11.2 Å². The first-order chi connectivity index (χ1) is 9.52. The predicted molar refractivity (Wildman–Crippen MR) is 80.8 cm³/mol. The smallest absolute Gasteiger partial charge is 0.340 e. The van der Waals surface area contributed by atoms with E-state index >= 15 is 0 Å². The van der Waals surface area contributed by atoms with Crippen molar-refractivity contribution in [3.8, 4) is 0 Å².